The van der Waals surface area contributed by atoms with Gasteiger partial charge in [0.1, 0.15) is 12.4 Å². The summed E-state index contributed by atoms with van der Waals surface area (Å²) in [7, 11) is 0. The highest BCUT2D eigenvalue weighted by atomic mass is 19.1. The first kappa shape index (κ1) is 15.2. The molecule has 0 aliphatic carbocycles. The zero-order valence-corrected chi connectivity index (χ0v) is 11.0. The van der Waals surface area contributed by atoms with Crippen LogP contribution in [0.5, 0.6) is 17.2 Å². The van der Waals surface area contributed by atoms with Crippen LogP contribution in [0.15, 0.2) is 42.5 Å². The number of nitro benzene ring substituents is 1. The fourth-order valence-corrected chi connectivity index (χ4v) is 1.63. The van der Waals surface area contributed by atoms with E-state index in [9.17, 15) is 24.4 Å². The van der Waals surface area contributed by atoms with E-state index in [1.165, 1.54) is 12.1 Å². The topological polar surface area (TPSA) is 102 Å². The number of rotatable bonds is 6. The van der Waals surface area contributed by atoms with Gasteiger partial charge in [-0.15, -0.1) is 0 Å². The van der Waals surface area contributed by atoms with Gasteiger partial charge in [0.25, 0.3) is 0 Å². The minimum atomic E-state index is -1.44. The van der Waals surface area contributed by atoms with E-state index >= 15 is 0 Å². The summed E-state index contributed by atoms with van der Waals surface area (Å²) < 4.78 is 23.5. The number of carbonyl (C=O) groups is 1. The number of carboxylic acid groups (broad SMARTS) is 1. The summed E-state index contributed by atoms with van der Waals surface area (Å²) in [6.07, 6.45) is 0. The van der Waals surface area contributed by atoms with E-state index in [0.29, 0.717) is 0 Å². The van der Waals surface area contributed by atoms with E-state index in [0.717, 1.165) is 18.2 Å². The molecule has 0 saturated carbocycles. The van der Waals surface area contributed by atoms with Gasteiger partial charge in [0.2, 0.25) is 5.75 Å². The molecule has 0 aliphatic rings. The van der Waals surface area contributed by atoms with Gasteiger partial charge in [0.05, 0.1) is 10.9 Å². The summed E-state index contributed by atoms with van der Waals surface area (Å²) in [5, 5.41) is 21.3. The quantitative estimate of drug-likeness (QED) is 0.594. The Morgan fingerprint density at radius 3 is 2.45 bits per heavy atom. The van der Waals surface area contributed by atoms with E-state index in [-0.39, 0.29) is 17.2 Å². The number of benzene rings is 2. The Morgan fingerprint density at radius 2 is 1.82 bits per heavy atom. The molecule has 0 spiro atoms. The number of nitrogens with zero attached hydrogens (tertiary/aromatic N) is 1. The van der Waals surface area contributed by atoms with Gasteiger partial charge in [-0.1, -0.05) is 12.1 Å². The van der Waals surface area contributed by atoms with Gasteiger partial charge in [0.15, 0.2) is 11.5 Å². The van der Waals surface area contributed by atoms with Crippen LogP contribution in [0.25, 0.3) is 0 Å². The molecular weight excluding hydrogens is 297 g/mol. The van der Waals surface area contributed by atoms with Crippen molar-refractivity contribution in [3.05, 3.63) is 58.4 Å². The number of ether oxygens (including phenoxy) is 2. The predicted octanol–water partition coefficient (Wildman–Crippen LogP) is 1.65. The number of carbonyl (C=O) groups excluding carboxylic acids is 1. The van der Waals surface area contributed by atoms with Gasteiger partial charge < -0.3 is 19.4 Å². The van der Waals surface area contributed by atoms with Crippen molar-refractivity contribution in [1.82, 2.24) is 0 Å². The average Bonchev–Trinajstić information content (AvgIpc) is 2.46. The fourth-order valence-electron chi connectivity index (χ4n) is 1.63. The zero-order valence-electron chi connectivity index (χ0n) is 11.0. The van der Waals surface area contributed by atoms with Gasteiger partial charge >= 0.3 is 5.69 Å². The first-order chi connectivity index (χ1) is 10.5. The van der Waals surface area contributed by atoms with Crippen molar-refractivity contribution >= 4 is 11.7 Å². The zero-order chi connectivity index (χ0) is 16.1. The van der Waals surface area contributed by atoms with Gasteiger partial charge in [-0.05, 0) is 18.2 Å². The number of hydrogen-bond donors (Lipinski definition) is 0. The molecule has 0 amide bonds. The molecular formula is C14H9FNO6-. The van der Waals surface area contributed by atoms with Crippen LogP contribution in [0.3, 0.4) is 0 Å². The minimum absolute atomic E-state index is 0.0115. The van der Waals surface area contributed by atoms with Crippen LogP contribution in [0.4, 0.5) is 10.1 Å². The van der Waals surface area contributed by atoms with Crippen molar-refractivity contribution in [3.8, 4) is 17.2 Å². The summed E-state index contributed by atoms with van der Waals surface area (Å²) in [5.41, 5.74) is -0.434. The highest BCUT2D eigenvalue weighted by molar-refractivity contribution is 5.66. The molecule has 0 atom stereocenters. The second-order valence-corrected chi connectivity index (χ2v) is 4.08. The van der Waals surface area contributed by atoms with Crippen LogP contribution in [-0.2, 0) is 4.79 Å². The highest BCUT2D eigenvalue weighted by Gasteiger charge is 2.18. The summed E-state index contributed by atoms with van der Waals surface area (Å²) in [5.74, 6) is -2.43. The smallest absolute Gasteiger partial charge is 0.311 e. The van der Waals surface area contributed by atoms with E-state index < -0.39 is 29.0 Å². The lowest BCUT2D eigenvalue weighted by atomic mass is 10.2. The Kier molecular flexibility index (Phi) is 4.52. The summed E-state index contributed by atoms with van der Waals surface area (Å²) >= 11 is 0. The molecule has 0 unspecified atom stereocenters. The molecule has 0 aliphatic heterocycles. The number of carboxylic acids is 1. The van der Waals surface area contributed by atoms with Gasteiger partial charge in [-0.2, -0.15) is 0 Å². The molecule has 0 radical (unpaired) electrons. The molecule has 0 saturated heterocycles. The fraction of sp³-hybridized carbons (Fsp3) is 0.0714. The van der Waals surface area contributed by atoms with Crippen molar-refractivity contribution < 1.29 is 28.7 Å². The van der Waals surface area contributed by atoms with Crippen LogP contribution in [0.2, 0.25) is 0 Å². The third-order valence-electron chi connectivity index (χ3n) is 2.53. The lowest BCUT2D eigenvalue weighted by molar-refractivity contribution is -0.385. The highest BCUT2D eigenvalue weighted by Crippen LogP contribution is 2.36. The standard InChI is InChI=1S/C14H10FNO6/c15-9-5-6-10(16(19)20)13(7-9)22-12-4-2-1-3-11(12)21-8-14(17)18/h1-7H,8H2,(H,17,18)/p-1. The molecule has 0 fully saturated rings. The molecule has 2 aromatic rings. The van der Waals surface area contributed by atoms with Gasteiger partial charge in [-0.25, -0.2) is 4.39 Å². The molecule has 2 aromatic carbocycles. The molecule has 0 N–H and O–H groups in total. The number of aliphatic carboxylic acids is 1. The SMILES string of the molecule is O=C([O-])COc1ccccc1Oc1cc(F)ccc1[N+](=O)[O-]. The molecule has 0 bridgehead atoms. The maximum Gasteiger partial charge on any atom is 0.311 e. The van der Waals surface area contributed by atoms with Gasteiger partial charge in [-0.3, -0.25) is 10.1 Å². The van der Waals surface area contributed by atoms with Gasteiger partial charge in [0, 0.05) is 12.1 Å². The Bertz CT molecular complexity index is 718. The number of halogens is 1. The predicted molar refractivity (Wildman–Crippen MR) is 70.1 cm³/mol. The molecule has 0 aromatic heterocycles. The lowest BCUT2D eigenvalue weighted by Gasteiger charge is -2.12. The van der Waals surface area contributed by atoms with Crippen LogP contribution >= 0.6 is 0 Å². The van der Waals surface area contributed by atoms with Crippen LogP contribution < -0.4 is 14.6 Å². The number of nitro groups is 1. The molecule has 0 heterocycles. The maximum atomic E-state index is 13.2. The number of para-hydroxylation sites is 2. The Balaban J connectivity index is 2.33. The second kappa shape index (κ2) is 6.53. The Hall–Kier alpha value is -3.16. The third kappa shape index (κ3) is 3.69. The Labute approximate surface area is 123 Å². The minimum Gasteiger partial charge on any atom is -0.546 e. The average molecular weight is 306 g/mol. The van der Waals surface area contributed by atoms with Crippen molar-refractivity contribution in [1.29, 1.82) is 0 Å². The molecule has 114 valence electrons. The monoisotopic (exact) mass is 306 g/mol. The molecule has 7 nitrogen and oxygen atoms in total. The Morgan fingerprint density at radius 1 is 1.14 bits per heavy atom. The van der Waals surface area contributed by atoms with Crippen LogP contribution in [0, 0.1) is 15.9 Å². The van der Waals surface area contributed by atoms with E-state index in [1.54, 1.807) is 12.1 Å². The maximum absolute atomic E-state index is 13.2. The van der Waals surface area contributed by atoms with E-state index in [4.69, 9.17) is 9.47 Å². The van der Waals surface area contributed by atoms with E-state index in [1.807, 2.05) is 0 Å². The largest absolute Gasteiger partial charge is 0.546 e. The normalized spacial score (nSPS) is 10.0. The van der Waals surface area contributed by atoms with Crippen molar-refractivity contribution in [2.24, 2.45) is 0 Å². The first-order valence-electron chi connectivity index (χ1n) is 6.01. The third-order valence-corrected chi connectivity index (χ3v) is 2.53. The lowest BCUT2D eigenvalue weighted by Crippen LogP contribution is -2.29. The number of hydrogen-bond acceptors (Lipinski definition) is 6. The molecule has 22 heavy (non-hydrogen) atoms. The summed E-state index contributed by atoms with van der Waals surface area (Å²) in [4.78, 5) is 20.6. The van der Waals surface area contributed by atoms with E-state index in [2.05, 4.69) is 0 Å². The first-order valence-corrected chi connectivity index (χ1v) is 6.01. The van der Waals surface area contributed by atoms with Crippen molar-refractivity contribution in [2.45, 2.75) is 0 Å². The summed E-state index contributed by atoms with van der Waals surface area (Å²) in [6.45, 7) is -0.717. The van der Waals surface area contributed by atoms with Crippen molar-refractivity contribution in [2.75, 3.05) is 6.61 Å². The second-order valence-electron chi connectivity index (χ2n) is 4.08. The molecule has 8 heteroatoms. The van der Waals surface area contributed by atoms with Crippen LogP contribution in [0.1, 0.15) is 0 Å². The van der Waals surface area contributed by atoms with Crippen LogP contribution in [-0.4, -0.2) is 17.5 Å². The summed E-state index contributed by atoms with van der Waals surface area (Å²) in [6, 6.07) is 8.67. The van der Waals surface area contributed by atoms with Crippen molar-refractivity contribution in [3.63, 3.8) is 0 Å². The molecule has 2 rings (SSSR count).